The van der Waals surface area contributed by atoms with Crippen LogP contribution in [0.2, 0.25) is 0 Å². The lowest BCUT2D eigenvalue weighted by molar-refractivity contribution is -0.189. The van der Waals surface area contributed by atoms with Gasteiger partial charge in [-0.15, -0.1) is 5.10 Å². The number of nitrogens with two attached hydrogens (primary N) is 1. The number of halogens is 6. The Kier molecular flexibility index (Phi) is 7.13. The fraction of sp³-hybridized carbons (Fsp3) is 0.238. The maximum absolute atomic E-state index is 15.0. The molecule has 0 spiro atoms. The lowest BCUT2D eigenvalue weighted by Gasteiger charge is -2.20. The maximum atomic E-state index is 15.0. The molecule has 0 saturated heterocycles. The average molecular weight is 517 g/mol. The van der Waals surface area contributed by atoms with Gasteiger partial charge in [0.05, 0.1) is 5.56 Å². The van der Waals surface area contributed by atoms with E-state index in [0.29, 0.717) is 23.7 Å². The molecule has 2 amide bonds. The van der Waals surface area contributed by atoms with Gasteiger partial charge in [-0.05, 0) is 32.0 Å². The zero-order chi connectivity index (χ0) is 26.9. The fourth-order valence-electron chi connectivity index (χ4n) is 3.06. The smallest absolute Gasteiger partial charge is 0.425 e. The summed E-state index contributed by atoms with van der Waals surface area (Å²) in [6.07, 6.45) is -7.46. The normalized spacial score (nSPS) is 12.3. The molecule has 3 rings (SSSR count). The number of para-hydroxylation sites is 1. The van der Waals surface area contributed by atoms with Crippen LogP contribution >= 0.6 is 0 Å². The fourth-order valence-corrected chi connectivity index (χ4v) is 3.06. The van der Waals surface area contributed by atoms with Gasteiger partial charge >= 0.3 is 11.9 Å². The summed E-state index contributed by atoms with van der Waals surface area (Å²) in [7, 11) is 0. The van der Waals surface area contributed by atoms with Gasteiger partial charge in [0.2, 0.25) is 5.82 Å². The van der Waals surface area contributed by atoms with Crippen LogP contribution in [-0.2, 0) is 6.54 Å². The summed E-state index contributed by atoms with van der Waals surface area (Å²) >= 11 is 0. The van der Waals surface area contributed by atoms with Crippen molar-refractivity contribution in [1.29, 1.82) is 0 Å². The minimum atomic E-state index is -4.93. The molecule has 15 heteroatoms. The molecule has 0 radical (unpaired) electrons. The second kappa shape index (κ2) is 9.75. The third kappa shape index (κ3) is 5.04. The standard InChI is InChI=1S/C21H17F6N5O4/c1-3-31-18(17(28)33)30-32(20(31)35)14-8-15(36-9(2)21(25,26)27)10(7-13(14)24)19(34)29-16-11(22)5-4-6-12(16)23/h4-9H,3H2,1-2H3,(H2,28,33)(H,29,34)/t9-/m0/s1. The van der Waals surface area contributed by atoms with Gasteiger partial charge < -0.3 is 15.8 Å². The number of carbonyl (C=O) groups excluding carboxylic acids is 2. The van der Waals surface area contributed by atoms with E-state index in [4.69, 9.17) is 10.5 Å². The number of aromatic nitrogens is 3. The molecule has 9 nitrogen and oxygen atoms in total. The van der Waals surface area contributed by atoms with Gasteiger partial charge in [-0.3, -0.25) is 14.2 Å². The molecular weight excluding hydrogens is 500 g/mol. The molecule has 1 atom stereocenters. The number of rotatable bonds is 7. The van der Waals surface area contributed by atoms with Crippen molar-refractivity contribution < 1.29 is 40.7 Å². The van der Waals surface area contributed by atoms with E-state index in [1.807, 2.05) is 5.32 Å². The highest BCUT2D eigenvalue weighted by atomic mass is 19.4. The second-order valence-corrected chi connectivity index (χ2v) is 7.28. The Bertz CT molecular complexity index is 1380. The van der Waals surface area contributed by atoms with E-state index in [2.05, 4.69) is 5.10 Å². The van der Waals surface area contributed by atoms with Crippen molar-refractivity contribution in [2.45, 2.75) is 32.7 Å². The molecule has 0 aliphatic carbocycles. The van der Waals surface area contributed by atoms with Crippen LogP contribution in [0.1, 0.15) is 34.8 Å². The average Bonchev–Trinajstić information content (AvgIpc) is 3.12. The van der Waals surface area contributed by atoms with Crippen molar-refractivity contribution in [2.75, 3.05) is 5.32 Å². The first-order chi connectivity index (χ1) is 16.8. The first-order valence-corrected chi connectivity index (χ1v) is 10.1. The predicted molar refractivity (Wildman–Crippen MR) is 112 cm³/mol. The summed E-state index contributed by atoms with van der Waals surface area (Å²) in [4.78, 5) is 36.9. The maximum Gasteiger partial charge on any atom is 0.425 e. The molecule has 1 aromatic heterocycles. The number of anilines is 1. The van der Waals surface area contributed by atoms with Crippen LogP contribution in [0.3, 0.4) is 0 Å². The number of ether oxygens (including phenoxy) is 1. The summed E-state index contributed by atoms with van der Waals surface area (Å²) in [5.41, 5.74) is 1.49. The Morgan fingerprint density at radius 3 is 2.25 bits per heavy atom. The van der Waals surface area contributed by atoms with Crippen molar-refractivity contribution in [2.24, 2.45) is 5.73 Å². The Balaban J connectivity index is 2.18. The molecule has 0 aliphatic heterocycles. The number of nitrogens with zero attached hydrogens (tertiary/aromatic N) is 3. The summed E-state index contributed by atoms with van der Waals surface area (Å²) < 4.78 is 88.3. The molecule has 0 aliphatic rings. The summed E-state index contributed by atoms with van der Waals surface area (Å²) in [6.45, 7) is 1.93. The predicted octanol–water partition coefficient (Wildman–Crippen LogP) is 3.15. The van der Waals surface area contributed by atoms with E-state index in [1.54, 1.807) is 0 Å². The number of primary amides is 1. The number of nitrogens with one attached hydrogen (secondary N) is 1. The van der Waals surface area contributed by atoms with Crippen molar-refractivity contribution in [3.63, 3.8) is 0 Å². The zero-order valence-electron chi connectivity index (χ0n) is 18.5. The van der Waals surface area contributed by atoms with Crippen LogP contribution in [0.4, 0.5) is 32.0 Å². The Morgan fingerprint density at radius 1 is 1.14 bits per heavy atom. The quantitative estimate of drug-likeness (QED) is 0.467. The first kappa shape index (κ1) is 26.3. The Hall–Kier alpha value is -4.30. The van der Waals surface area contributed by atoms with E-state index >= 15 is 4.39 Å². The molecule has 0 bridgehead atoms. The van der Waals surface area contributed by atoms with Crippen molar-refractivity contribution >= 4 is 17.5 Å². The van der Waals surface area contributed by atoms with Gasteiger partial charge in [0.1, 0.15) is 34.6 Å². The molecule has 1 heterocycles. The molecule has 0 unspecified atom stereocenters. The highest BCUT2D eigenvalue weighted by molar-refractivity contribution is 6.06. The van der Waals surface area contributed by atoms with Crippen molar-refractivity contribution in [3.05, 3.63) is 69.7 Å². The minimum Gasteiger partial charge on any atom is -0.480 e. The van der Waals surface area contributed by atoms with Gasteiger partial charge in [0, 0.05) is 12.6 Å². The van der Waals surface area contributed by atoms with Gasteiger partial charge in [-0.1, -0.05) is 6.07 Å². The molecule has 3 aromatic rings. The molecule has 3 N–H and O–H groups in total. The number of carbonyl (C=O) groups is 2. The van der Waals surface area contributed by atoms with Crippen LogP contribution in [0, 0.1) is 17.5 Å². The topological polar surface area (TPSA) is 121 Å². The number of hydrogen-bond acceptors (Lipinski definition) is 5. The van der Waals surface area contributed by atoms with Gasteiger partial charge in [-0.25, -0.2) is 18.0 Å². The molecule has 0 fully saturated rings. The van der Waals surface area contributed by atoms with Gasteiger partial charge in [0.25, 0.3) is 11.8 Å². The van der Waals surface area contributed by atoms with E-state index < -0.39 is 75.7 Å². The summed E-state index contributed by atoms with van der Waals surface area (Å²) in [6, 6.07) is 3.56. The number of amides is 2. The lowest BCUT2D eigenvalue weighted by Crippen LogP contribution is -2.32. The first-order valence-electron chi connectivity index (χ1n) is 10.1. The zero-order valence-corrected chi connectivity index (χ0v) is 18.5. The molecule has 2 aromatic carbocycles. The summed E-state index contributed by atoms with van der Waals surface area (Å²) in [5, 5.41) is 5.44. The molecule has 36 heavy (non-hydrogen) atoms. The Morgan fingerprint density at radius 2 is 1.75 bits per heavy atom. The Labute approximate surface area is 198 Å². The van der Waals surface area contributed by atoms with E-state index in [9.17, 15) is 36.3 Å². The van der Waals surface area contributed by atoms with Crippen LogP contribution in [-0.4, -0.2) is 38.4 Å². The SMILES string of the molecule is CCn1c(C(N)=O)nn(-c2cc(O[C@@H](C)C(F)(F)F)c(C(=O)Nc3c(F)cccc3F)cc2F)c1=O. The van der Waals surface area contributed by atoms with Crippen molar-refractivity contribution in [1.82, 2.24) is 14.3 Å². The largest absolute Gasteiger partial charge is 0.480 e. The van der Waals surface area contributed by atoms with Crippen molar-refractivity contribution in [3.8, 4) is 11.4 Å². The van der Waals surface area contributed by atoms with Crippen LogP contribution in [0.15, 0.2) is 35.1 Å². The number of alkyl halides is 3. The van der Waals surface area contributed by atoms with E-state index in [0.717, 1.165) is 22.8 Å². The second-order valence-electron chi connectivity index (χ2n) is 7.28. The van der Waals surface area contributed by atoms with Crippen LogP contribution in [0.25, 0.3) is 5.69 Å². The van der Waals surface area contributed by atoms with Gasteiger partial charge in [0.15, 0.2) is 6.10 Å². The third-order valence-electron chi connectivity index (χ3n) is 4.89. The molecule has 0 saturated carbocycles. The number of hydrogen-bond donors (Lipinski definition) is 2. The van der Waals surface area contributed by atoms with Gasteiger partial charge in [-0.2, -0.15) is 17.9 Å². The summed E-state index contributed by atoms with van der Waals surface area (Å²) in [5.74, 6) is -7.80. The highest BCUT2D eigenvalue weighted by Crippen LogP contribution is 2.31. The van der Waals surface area contributed by atoms with Crippen LogP contribution < -0.4 is 21.5 Å². The van der Waals surface area contributed by atoms with E-state index in [-0.39, 0.29) is 6.54 Å². The third-order valence-corrected chi connectivity index (χ3v) is 4.89. The highest BCUT2D eigenvalue weighted by Gasteiger charge is 2.39. The molecule has 192 valence electrons. The number of benzene rings is 2. The van der Waals surface area contributed by atoms with E-state index in [1.165, 1.54) is 6.92 Å². The monoisotopic (exact) mass is 517 g/mol. The lowest BCUT2D eigenvalue weighted by atomic mass is 10.1. The minimum absolute atomic E-state index is 0.109. The molecular formula is C21H17F6N5O4. The van der Waals surface area contributed by atoms with Crippen LogP contribution in [0.5, 0.6) is 5.75 Å².